The second-order valence-electron chi connectivity index (χ2n) is 6.87. The van der Waals surface area contributed by atoms with Crippen LogP contribution in [0, 0.1) is 5.82 Å². The fourth-order valence-corrected chi connectivity index (χ4v) is 3.39. The number of hydrogen-bond donors (Lipinski definition) is 2. The van der Waals surface area contributed by atoms with Crippen molar-refractivity contribution in [2.24, 2.45) is 0 Å². The van der Waals surface area contributed by atoms with Gasteiger partial charge in [0, 0.05) is 12.2 Å². The quantitative estimate of drug-likeness (QED) is 0.678. The minimum atomic E-state index is -0.305. The Morgan fingerprint density at radius 3 is 2.25 bits per heavy atom. The van der Waals surface area contributed by atoms with Gasteiger partial charge >= 0.3 is 0 Å². The standard InChI is InChI=1S/C23H21FN2O2/c24-18-6-10-20(11-7-18)28-21-12-8-19(9-13-21)26-23(27)22-14-17(15-25-22)16-4-2-1-3-5-16/h1-13,17,22,25H,14-15H2,(H,26,27). The Hall–Kier alpha value is -3.18. The summed E-state index contributed by atoms with van der Waals surface area (Å²) in [4.78, 5) is 12.6. The Kier molecular flexibility index (Phi) is 5.35. The Bertz CT molecular complexity index is 927. The lowest BCUT2D eigenvalue weighted by molar-refractivity contribution is -0.117. The number of nitrogens with one attached hydrogen (secondary N) is 2. The van der Waals surface area contributed by atoms with Crippen LogP contribution >= 0.6 is 0 Å². The highest BCUT2D eigenvalue weighted by Crippen LogP contribution is 2.27. The van der Waals surface area contributed by atoms with E-state index in [1.54, 1.807) is 36.4 Å². The normalized spacial score (nSPS) is 18.6. The van der Waals surface area contributed by atoms with Gasteiger partial charge in [-0.1, -0.05) is 30.3 Å². The van der Waals surface area contributed by atoms with Crippen LogP contribution in [0.4, 0.5) is 10.1 Å². The summed E-state index contributed by atoms with van der Waals surface area (Å²) in [7, 11) is 0. The first-order valence-corrected chi connectivity index (χ1v) is 9.30. The number of rotatable bonds is 5. The summed E-state index contributed by atoms with van der Waals surface area (Å²) in [6.07, 6.45) is 0.779. The summed E-state index contributed by atoms with van der Waals surface area (Å²) in [5.41, 5.74) is 1.97. The van der Waals surface area contributed by atoms with Gasteiger partial charge in [0.05, 0.1) is 6.04 Å². The largest absolute Gasteiger partial charge is 0.457 e. The average molecular weight is 376 g/mol. The molecule has 0 saturated carbocycles. The van der Waals surface area contributed by atoms with Crippen molar-refractivity contribution in [3.8, 4) is 11.5 Å². The molecule has 142 valence electrons. The van der Waals surface area contributed by atoms with Gasteiger partial charge in [-0.05, 0) is 66.4 Å². The maximum atomic E-state index is 12.9. The molecule has 0 aliphatic carbocycles. The number of halogens is 1. The van der Waals surface area contributed by atoms with E-state index in [-0.39, 0.29) is 17.8 Å². The minimum Gasteiger partial charge on any atom is -0.457 e. The monoisotopic (exact) mass is 376 g/mol. The summed E-state index contributed by atoms with van der Waals surface area (Å²) >= 11 is 0. The lowest BCUT2D eigenvalue weighted by Crippen LogP contribution is -2.35. The lowest BCUT2D eigenvalue weighted by atomic mass is 9.96. The molecule has 1 fully saturated rings. The van der Waals surface area contributed by atoms with E-state index in [2.05, 4.69) is 22.8 Å². The van der Waals surface area contributed by atoms with Gasteiger partial charge in [0.1, 0.15) is 17.3 Å². The lowest BCUT2D eigenvalue weighted by Gasteiger charge is -2.12. The van der Waals surface area contributed by atoms with E-state index in [0.717, 1.165) is 13.0 Å². The van der Waals surface area contributed by atoms with E-state index in [9.17, 15) is 9.18 Å². The molecule has 2 atom stereocenters. The van der Waals surface area contributed by atoms with Crippen molar-refractivity contribution in [1.29, 1.82) is 0 Å². The molecule has 1 saturated heterocycles. The van der Waals surface area contributed by atoms with E-state index < -0.39 is 0 Å². The zero-order valence-electron chi connectivity index (χ0n) is 15.3. The third-order valence-electron chi connectivity index (χ3n) is 4.89. The van der Waals surface area contributed by atoms with Crippen LogP contribution in [-0.2, 0) is 4.79 Å². The van der Waals surface area contributed by atoms with Crippen LogP contribution in [0.3, 0.4) is 0 Å². The average Bonchev–Trinajstić information content (AvgIpc) is 3.22. The zero-order chi connectivity index (χ0) is 19.3. The van der Waals surface area contributed by atoms with Crippen molar-refractivity contribution >= 4 is 11.6 Å². The first-order chi connectivity index (χ1) is 13.7. The third-order valence-corrected chi connectivity index (χ3v) is 4.89. The van der Waals surface area contributed by atoms with E-state index in [1.807, 2.05) is 18.2 Å². The van der Waals surface area contributed by atoms with Crippen LogP contribution in [0.15, 0.2) is 78.9 Å². The van der Waals surface area contributed by atoms with Gasteiger partial charge in [-0.15, -0.1) is 0 Å². The molecule has 0 bridgehead atoms. The third kappa shape index (κ3) is 4.38. The summed E-state index contributed by atoms with van der Waals surface area (Å²) < 4.78 is 18.6. The Morgan fingerprint density at radius 2 is 1.57 bits per heavy atom. The van der Waals surface area contributed by atoms with Gasteiger partial charge in [0.15, 0.2) is 0 Å². The van der Waals surface area contributed by atoms with Crippen LogP contribution in [-0.4, -0.2) is 18.5 Å². The van der Waals surface area contributed by atoms with E-state index in [1.165, 1.54) is 17.7 Å². The highest BCUT2D eigenvalue weighted by Gasteiger charge is 2.30. The molecule has 5 heteroatoms. The van der Waals surface area contributed by atoms with Crippen LogP contribution in [0.1, 0.15) is 17.9 Å². The van der Waals surface area contributed by atoms with Crippen molar-refractivity contribution in [3.05, 3.63) is 90.2 Å². The Labute approximate surface area is 163 Å². The summed E-state index contributed by atoms with van der Waals surface area (Å²) in [6.45, 7) is 0.798. The predicted molar refractivity (Wildman–Crippen MR) is 107 cm³/mol. The second kappa shape index (κ2) is 8.23. The van der Waals surface area contributed by atoms with Gasteiger partial charge in [-0.2, -0.15) is 0 Å². The second-order valence-corrected chi connectivity index (χ2v) is 6.87. The molecule has 0 aromatic heterocycles. The maximum absolute atomic E-state index is 12.9. The van der Waals surface area contributed by atoms with Crippen LogP contribution in [0.5, 0.6) is 11.5 Å². The number of carbonyl (C=O) groups is 1. The molecule has 28 heavy (non-hydrogen) atoms. The molecule has 1 heterocycles. The molecule has 0 radical (unpaired) electrons. The van der Waals surface area contributed by atoms with Gasteiger partial charge in [0.2, 0.25) is 5.91 Å². The van der Waals surface area contributed by atoms with Gasteiger partial charge in [-0.3, -0.25) is 4.79 Å². The molecular weight excluding hydrogens is 355 g/mol. The SMILES string of the molecule is O=C(Nc1ccc(Oc2ccc(F)cc2)cc1)C1CC(c2ccccc2)CN1. The van der Waals surface area contributed by atoms with E-state index in [4.69, 9.17) is 4.74 Å². The fraction of sp³-hybridized carbons (Fsp3) is 0.174. The van der Waals surface area contributed by atoms with Crippen molar-refractivity contribution in [3.63, 3.8) is 0 Å². The predicted octanol–water partition coefficient (Wildman–Crippen LogP) is 4.70. The first kappa shape index (κ1) is 18.2. The molecule has 4 nitrogen and oxygen atoms in total. The minimum absolute atomic E-state index is 0.0364. The zero-order valence-corrected chi connectivity index (χ0v) is 15.3. The highest BCUT2D eigenvalue weighted by atomic mass is 19.1. The Balaban J connectivity index is 1.33. The molecule has 2 unspecified atom stereocenters. The van der Waals surface area contributed by atoms with Crippen molar-refractivity contribution in [2.45, 2.75) is 18.4 Å². The van der Waals surface area contributed by atoms with Gasteiger partial charge in [0.25, 0.3) is 0 Å². The summed E-state index contributed by atoms with van der Waals surface area (Å²) in [5.74, 6) is 1.18. The van der Waals surface area contributed by atoms with E-state index in [0.29, 0.717) is 23.1 Å². The van der Waals surface area contributed by atoms with Crippen LogP contribution in [0.25, 0.3) is 0 Å². The summed E-state index contributed by atoms with van der Waals surface area (Å²) in [6, 6.07) is 23.0. The van der Waals surface area contributed by atoms with Crippen LogP contribution < -0.4 is 15.4 Å². The van der Waals surface area contributed by atoms with Crippen molar-refractivity contribution < 1.29 is 13.9 Å². The molecule has 3 aromatic carbocycles. The van der Waals surface area contributed by atoms with Crippen LogP contribution in [0.2, 0.25) is 0 Å². The smallest absolute Gasteiger partial charge is 0.241 e. The fourth-order valence-electron chi connectivity index (χ4n) is 3.39. The topological polar surface area (TPSA) is 50.4 Å². The maximum Gasteiger partial charge on any atom is 0.241 e. The highest BCUT2D eigenvalue weighted by molar-refractivity contribution is 5.95. The van der Waals surface area contributed by atoms with Crippen molar-refractivity contribution in [2.75, 3.05) is 11.9 Å². The first-order valence-electron chi connectivity index (χ1n) is 9.30. The summed E-state index contributed by atoms with van der Waals surface area (Å²) in [5, 5.41) is 6.25. The molecule has 3 aromatic rings. The number of hydrogen-bond acceptors (Lipinski definition) is 3. The molecule has 1 amide bonds. The number of ether oxygens (including phenoxy) is 1. The molecule has 2 N–H and O–H groups in total. The van der Waals surface area contributed by atoms with Gasteiger partial charge < -0.3 is 15.4 Å². The number of benzene rings is 3. The number of amides is 1. The molecule has 0 spiro atoms. The number of carbonyl (C=O) groups excluding carboxylic acids is 1. The molecule has 1 aliphatic heterocycles. The molecular formula is C23H21FN2O2. The molecule has 4 rings (SSSR count). The van der Waals surface area contributed by atoms with E-state index >= 15 is 0 Å². The number of anilines is 1. The van der Waals surface area contributed by atoms with Crippen molar-refractivity contribution in [1.82, 2.24) is 5.32 Å². The molecule has 1 aliphatic rings. The van der Waals surface area contributed by atoms with Gasteiger partial charge in [-0.25, -0.2) is 4.39 Å². The Morgan fingerprint density at radius 1 is 0.929 bits per heavy atom.